The lowest BCUT2D eigenvalue weighted by molar-refractivity contribution is -0.120. The average molecular weight is 468 g/mol. The first-order valence-corrected chi connectivity index (χ1v) is 11.5. The molecule has 0 radical (unpaired) electrons. The highest BCUT2D eigenvalue weighted by molar-refractivity contribution is 5.97. The molecule has 1 aliphatic heterocycles. The zero-order valence-corrected chi connectivity index (χ0v) is 19.1. The predicted molar refractivity (Wildman–Crippen MR) is 132 cm³/mol. The van der Waals surface area contributed by atoms with Gasteiger partial charge in [0.05, 0.1) is 6.20 Å². The molecule has 7 nitrogen and oxygen atoms in total. The van der Waals surface area contributed by atoms with Gasteiger partial charge < -0.3 is 14.5 Å². The summed E-state index contributed by atoms with van der Waals surface area (Å²) in [4.78, 5) is 31.2. The van der Waals surface area contributed by atoms with Crippen LogP contribution in [0.5, 0.6) is 0 Å². The molecule has 5 rings (SSSR count). The van der Waals surface area contributed by atoms with Crippen LogP contribution in [0.1, 0.15) is 18.4 Å². The van der Waals surface area contributed by atoms with Crippen LogP contribution >= 0.6 is 0 Å². The third-order valence-corrected chi connectivity index (χ3v) is 6.06. The average Bonchev–Trinajstić information content (AvgIpc) is 3.61. The van der Waals surface area contributed by atoms with E-state index >= 15 is 0 Å². The number of nitrogens with one attached hydrogen (secondary N) is 1. The van der Waals surface area contributed by atoms with Gasteiger partial charge in [-0.1, -0.05) is 66.7 Å². The molecular formula is C28H25N3O4. The number of rotatable bonds is 6. The van der Waals surface area contributed by atoms with E-state index in [1.165, 1.54) is 11.3 Å². The molecule has 0 aliphatic carbocycles. The zero-order chi connectivity index (χ0) is 24.0. The number of amides is 2. The Kier molecular flexibility index (Phi) is 6.57. The highest BCUT2D eigenvalue weighted by Crippen LogP contribution is 2.27. The highest BCUT2D eigenvalue weighted by atomic mass is 16.6. The quantitative estimate of drug-likeness (QED) is 0.390. The van der Waals surface area contributed by atoms with E-state index in [4.69, 9.17) is 9.15 Å². The molecule has 1 saturated heterocycles. The molecule has 35 heavy (non-hydrogen) atoms. The Morgan fingerprint density at radius 2 is 1.77 bits per heavy atom. The van der Waals surface area contributed by atoms with E-state index in [0.29, 0.717) is 24.4 Å². The summed E-state index contributed by atoms with van der Waals surface area (Å²) in [5.74, 6) is 0.498. The number of benzene rings is 3. The normalized spacial score (nSPS) is 15.1. The van der Waals surface area contributed by atoms with Crippen LogP contribution in [0.4, 0.5) is 10.5 Å². The summed E-state index contributed by atoms with van der Waals surface area (Å²) in [7, 11) is 0. The fourth-order valence-corrected chi connectivity index (χ4v) is 4.25. The van der Waals surface area contributed by atoms with Crippen molar-refractivity contribution in [3.05, 3.63) is 97.0 Å². The van der Waals surface area contributed by atoms with Crippen molar-refractivity contribution in [1.29, 1.82) is 0 Å². The molecule has 0 spiro atoms. The van der Waals surface area contributed by atoms with Gasteiger partial charge >= 0.3 is 6.09 Å². The summed E-state index contributed by atoms with van der Waals surface area (Å²) >= 11 is 0. The van der Waals surface area contributed by atoms with E-state index in [1.54, 1.807) is 6.20 Å². The highest BCUT2D eigenvalue weighted by Gasteiger charge is 2.35. The molecule has 1 aromatic heterocycles. The minimum Gasteiger partial charge on any atom is -0.445 e. The predicted octanol–water partition coefficient (Wildman–Crippen LogP) is 5.75. The third kappa shape index (κ3) is 5.24. The standard InChI is InChI=1S/C28H25N3O4/c32-27(25-10-5-15-31(25)28(33)34-18-20-6-2-1-3-7-20)30-24-9-4-8-23(16-24)21-11-13-22(14-12-21)26-17-29-19-35-26/h1-4,6-9,11-14,16-17,19,25H,5,10,15,18H2,(H,30,32)/t25-/m0/s1. The second-order valence-electron chi connectivity index (χ2n) is 8.40. The molecule has 1 atom stereocenters. The summed E-state index contributed by atoms with van der Waals surface area (Å²) in [6, 6.07) is 24.5. The van der Waals surface area contributed by atoms with E-state index in [9.17, 15) is 9.59 Å². The van der Waals surface area contributed by atoms with E-state index in [-0.39, 0.29) is 12.5 Å². The number of nitrogens with zero attached hydrogens (tertiary/aromatic N) is 2. The Hall–Kier alpha value is -4.39. The molecule has 0 bridgehead atoms. The lowest BCUT2D eigenvalue weighted by atomic mass is 10.0. The molecular weight excluding hydrogens is 442 g/mol. The van der Waals surface area contributed by atoms with Crippen molar-refractivity contribution >= 4 is 17.7 Å². The number of hydrogen-bond donors (Lipinski definition) is 1. The van der Waals surface area contributed by atoms with Gasteiger partial charge in [-0.2, -0.15) is 0 Å². The molecule has 1 fully saturated rings. The van der Waals surface area contributed by atoms with E-state index in [0.717, 1.165) is 28.7 Å². The molecule has 1 N–H and O–H groups in total. The Balaban J connectivity index is 1.23. The van der Waals surface area contributed by atoms with Crippen molar-refractivity contribution < 1.29 is 18.7 Å². The van der Waals surface area contributed by atoms with Gasteiger partial charge in [-0.3, -0.25) is 9.69 Å². The number of carbonyl (C=O) groups is 2. The van der Waals surface area contributed by atoms with E-state index < -0.39 is 12.1 Å². The first-order chi connectivity index (χ1) is 17.2. The monoisotopic (exact) mass is 467 g/mol. The van der Waals surface area contributed by atoms with E-state index in [1.807, 2.05) is 78.9 Å². The molecule has 176 valence electrons. The van der Waals surface area contributed by atoms with Gasteiger partial charge in [0, 0.05) is 17.8 Å². The number of likely N-dealkylation sites (tertiary alicyclic amines) is 1. The van der Waals surface area contributed by atoms with E-state index in [2.05, 4.69) is 10.3 Å². The van der Waals surface area contributed by atoms with Gasteiger partial charge in [0.15, 0.2) is 12.2 Å². The third-order valence-electron chi connectivity index (χ3n) is 6.06. The summed E-state index contributed by atoms with van der Waals surface area (Å²) < 4.78 is 10.8. The minimum absolute atomic E-state index is 0.182. The van der Waals surface area contributed by atoms with Crippen molar-refractivity contribution in [1.82, 2.24) is 9.88 Å². The Bertz CT molecular complexity index is 1290. The van der Waals surface area contributed by atoms with Crippen molar-refractivity contribution in [3.63, 3.8) is 0 Å². The van der Waals surface area contributed by atoms with Gasteiger partial charge in [-0.25, -0.2) is 9.78 Å². The summed E-state index contributed by atoms with van der Waals surface area (Å²) in [6.45, 7) is 0.686. The number of carbonyl (C=O) groups excluding carboxylic acids is 2. The number of anilines is 1. The van der Waals surface area contributed by atoms with Gasteiger partial charge in [-0.05, 0) is 41.7 Å². The number of hydrogen-bond acceptors (Lipinski definition) is 5. The second-order valence-corrected chi connectivity index (χ2v) is 8.40. The van der Waals surface area contributed by atoms with Crippen LogP contribution in [0.15, 0.2) is 95.9 Å². The first kappa shape index (κ1) is 22.4. The number of aromatic nitrogens is 1. The van der Waals surface area contributed by atoms with Gasteiger partial charge in [0.1, 0.15) is 12.6 Å². The van der Waals surface area contributed by atoms with Gasteiger partial charge in [0.25, 0.3) is 0 Å². The Morgan fingerprint density at radius 3 is 2.54 bits per heavy atom. The first-order valence-electron chi connectivity index (χ1n) is 11.5. The van der Waals surface area contributed by atoms with Crippen LogP contribution in [0, 0.1) is 0 Å². The Labute approximate surface area is 203 Å². The maximum absolute atomic E-state index is 13.1. The number of oxazole rings is 1. The molecule has 4 aromatic rings. The molecule has 3 aromatic carbocycles. The largest absolute Gasteiger partial charge is 0.445 e. The maximum Gasteiger partial charge on any atom is 0.410 e. The number of ether oxygens (including phenoxy) is 1. The van der Waals surface area contributed by atoms with Crippen molar-refractivity contribution in [2.24, 2.45) is 0 Å². The minimum atomic E-state index is -0.553. The second kappa shape index (κ2) is 10.3. The van der Waals surface area contributed by atoms with Gasteiger partial charge in [0.2, 0.25) is 5.91 Å². The maximum atomic E-state index is 13.1. The molecule has 2 amide bonds. The van der Waals surface area contributed by atoms with Crippen LogP contribution in [-0.2, 0) is 16.1 Å². The smallest absolute Gasteiger partial charge is 0.410 e. The van der Waals surface area contributed by atoms with Crippen molar-refractivity contribution in [2.75, 3.05) is 11.9 Å². The fraction of sp³-hybridized carbons (Fsp3) is 0.179. The topological polar surface area (TPSA) is 84.7 Å². The summed E-state index contributed by atoms with van der Waals surface area (Å²) in [6.07, 6.45) is 3.98. The van der Waals surface area contributed by atoms with Crippen LogP contribution < -0.4 is 5.32 Å². The molecule has 1 aliphatic rings. The van der Waals surface area contributed by atoms with Crippen LogP contribution in [0.3, 0.4) is 0 Å². The fourth-order valence-electron chi connectivity index (χ4n) is 4.25. The van der Waals surface area contributed by atoms with Crippen LogP contribution in [-0.4, -0.2) is 34.5 Å². The summed E-state index contributed by atoms with van der Waals surface area (Å²) in [5.41, 5.74) is 4.51. The van der Waals surface area contributed by atoms with Crippen molar-refractivity contribution in [3.8, 4) is 22.5 Å². The molecule has 7 heteroatoms. The van der Waals surface area contributed by atoms with Crippen LogP contribution in [0.25, 0.3) is 22.5 Å². The van der Waals surface area contributed by atoms with Gasteiger partial charge in [-0.15, -0.1) is 0 Å². The van der Waals surface area contributed by atoms with Crippen LogP contribution in [0.2, 0.25) is 0 Å². The molecule has 2 heterocycles. The molecule has 0 unspecified atom stereocenters. The lowest BCUT2D eigenvalue weighted by Gasteiger charge is -2.23. The SMILES string of the molecule is O=C(Nc1cccc(-c2ccc(-c3cnco3)cc2)c1)[C@@H]1CCCN1C(=O)OCc1ccccc1. The lowest BCUT2D eigenvalue weighted by Crippen LogP contribution is -2.43. The zero-order valence-electron chi connectivity index (χ0n) is 19.1. The molecule has 0 saturated carbocycles. The Morgan fingerprint density at radius 1 is 0.971 bits per heavy atom. The van der Waals surface area contributed by atoms with Crippen molar-refractivity contribution in [2.45, 2.75) is 25.5 Å². The summed E-state index contributed by atoms with van der Waals surface area (Å²) in [5, 5.41) is 2.97.